The van der Waals surface area contributed by atoms with E-state index < -0.39 is 0 Å². The lowest BCUT2D eigenvalue weighted by Gasteiger charge is -2.12. The van der Waals surface area contributed by atoms with Crippen LogP contribution in [-0.4, -0.2) is 47.5 Å². The van der Waals surface area contributed by atoms with E-state index in [0.717, 1.165) is 117 Å². The summed E-state index contributed by atoms with van der Waals surface area (Å²) < 4.78 is 22.1. The van der Waals surface area contributed by atoms with Crippen LogP contribution in [0.2, 0.25) is 0 Å². The van der Waals surface area contributed by atoms with E-state index in [2.05, 4.69) is 411 Å². The lowest BCUT2D eigenvalue weighted by molar-refractivity contribution is 0.669. The summed E-state index contributed by atoms with van der Waals surface area (Å²) in [5, 5.41) is 36.1. The maximum Gasteiger partial charge on any atom is 0.161 e. The number of nitrogens with zero attached hydrogens (tertiary/aromatic N) is 10. The fourth-order valence-electron chi connectivity index (χ4n) is 19.0. The van der Waals surface area contributed by atoms with Crippen LogP contribution in [0.3, 0.4) is 0 Å². The van der Waals surface area contributed by atoms with Gasteiger partial charge in [-0.25, -0.2) is 18.5 Å². The molecule has 0 fully saturated rings. The van der Waals surface area contributed by atoms with Gasteiger partial charge in [0.25, 0.3) is 0 Å². The second kappa shape index (κ2) is 27.2. The van der Waals surface area contributed by atoms with Crippen LogP contribution in [-0.2, 0) is 0 Å². The van der Waals surface area contributed by atoms with E-state index >= 15 is 0 Å². The highest BCUT2D eigenvalue weighted by atomic mass is 32.1. The van der Waals surface area contributed by atoms with Crippen molar-refractivity contribution in [2.24, 2.45) is 0 Å². The van der Waals surface area contributed by atoms with Crippen molar-refractivity contribution in [2.45, 2.75) is 0 Å². The Kier molecular flexibility index (Phi) is 15.3. The van der Waals surface area contributed by atoms with Crippen LogP contribution < -0.4 is 0 Å². The average Bonchev–Trinajstić information content (AvgIpc) is 1.54. The van der Waals surface area contributed by atoms with Gasteiger partial charge in [-0.05, 0) is 166 Å². The highest BCUT2D eigenvalue weighted by Crippen LogP contribution is 2.48. The Morgan fingerprint density at radius 1 is 0.220 bits per heavy atom. The summed E-state index contributed by atoms with van der Waals surface area (Å²) in [7, 11) is 0. The minimum Gasteiger partial charge on any atom is -0.456 e. The van der Waals surface area contributed by atoms with Crippen LogP contribution in [0.1, 0.15) is 0 Å². The third kappa shape index (κ3) is 11.0. The Morgan fingerprint density at radius 2 is 0.650 bits per heavy atom. The van der Waals surface area contributed by atoms with Crippen LogP contribution in [0.25, 0.3) is 239 Å². The van der Waals surface area contributed by atoms with E-state index in [9.17, 15) is 0 Å². The first-order valence-electron chi connectivity index (χ1n) is 41.4. The second-order valence-electron chi connectivity index (χ2n) is 31.8. The molecule has 0 N–H and O–H groups in total. The molecule has 28 aromatic rings. The van der Waals surface area contributed by atoms with Gasteiger partial charge in [0.1, 0.15) is 20.8 Å². The van der Waals surface area contributed by atoms with Crippen molar-refractivity contribution < 1.29 is 4.42 Å². The molecule has 0 radical (unpaired) electrons. The number of benzene rings is 15. The largest absolute Gasteiger partial charge is 0.456 e. The molecule has 0 aliphatic carbocycles. The molecule has 0 spiro atoms. The number of rotatable bonds is 7. The van der Waals surface area contributed by atoms with Crippen molar-refractivity contribution in [1.82, 2.24) is 47.5 Å². The number of fused-ring (bicyclic) bond motifs is 27. The van der Waals surface area contributed by atoms with Crippen molar-refractivity contribution >= 4 is 200 Å². The van der Waals surface area contributed by atoms with E-state index in [-0.39, 0.29) is 0 Å². The third-order valence-electron chi connectivity index (χ3n) is 24.7. The number of pyridine rings is 4. The summed E-state index contributed by atoms with van der Waals surface area (Å²) in [6.45, 7) is 0. The number of hydrogen-bond acceptors (Lipinski definition) is 7. The molecule has 574 valence electrons. The lowest BCUT2D eigenvalue weighted by Crippen LogP contribution is -1.96. The van der Waals surface area contributed by atoms with Gasteiger partial charge in [-0.1, -0.05) is 255 Å². The molecule has 0 bridgehead atoms. The highest BCUT2D eigenvalue weighted by Gasteiger charge is 2.26. The van der Waals surface area contributed by atoms with Crippen molar-refractivity contribution in [3.63, 3.8) is 0 Å². The number of hydrogen-bond donors (Lipinski definition) is 0. The Balaban J connectivity index is 0.0000000995. The fourth-order valence-corrected chi connectivity index (χ4v) is 21.4. The zero-order valence-electron chi connectivity index (χ0n) is 65.8. The third-order valence-corrected chi connectivity index (χ3v) is 27.0. The second-order valence-corrected chi connectivity index (χ2v) is 33.9. The minimum absolute atomic E-state index is 0.914. The molecule has 28 rings (SSSR count). The Hall–Kier alpha value is -16.1. The fraction of sp³-hybridized carbons (Fsp3) is 0. The van der Waals surface area contributed by atoms with E-state index in [1.807, 2.05) is 39.3 Å². The lowest BCUT2D eigenvalue weighted by atomic mass is 9.96. The SMILES string of the molecule is c1cc(-c2cc(-c3ccc4ccccc4c3)nc(-c3ccc4ccccc4c3)c2)cc(-c2cc3ccc4ccccc4n3n2)c1.c1ccc(-n2c3ccccc3c3cc4c(cc32)c2c3ccccc3sc2n4-c2cc3ccc4ccccc4n3n2)cc1.c1ccc2c(c1)ccc1cc(-n3c4cc5c(cc4c4c6ccccc6sc43)oc3ccccc35)nn12. The maximum atomic E-state index is 6.28. The quantitative estimate of drug-likeness (QED) is 0.158. The molecular weight excluding hydrogens is 1540 g/mol. The van der Waals surface area contributed by atoms with Crippen LogP contribution in [0.15, 0.2) is 405 Å². The molecule has 13 heterocycles. The molecule has 0 unspecified atom stereocenters. The summed E-state index contributed by atoms with van der Waals surface area (Å²) in [6, 6.07) is 142. The zero-order chi connectivity index (χ0) is 80.5. The van der Waals surface area contributed by atoms with E-state index in [4.69, 9.17) is 24.7 Å². The van der Waals surface area contributed by atoms with Gasteiger partial charge in [0, 0.05) is 114 Å². The molecule has 0 aliphatic rings. The predicted octanol–water partition coefficient (Wildman–Crippen LogP) is 29.5. The molecule has 13 aromatic heterocycles. The Morgan fingerprint density at radius 3 is 1.24 bits per heavy atom. The highest BCUT2D eigenvalue weighted by molar-refractivity contribution is 7.26. The summed E-state index contributed by atoms with van der Waals surface area (Å²) in [6.07, 6.45) is 0. The van der Waals surface area contributed by atoms with E-state index in [0.29, 0.717) is 0 Å². The van der Waals surface area contributed by atoms with Crippen LogP contribution in [0.4, 0.5) is 0 Å². The van der Waals surface area contributed by atoms with Crippen molar-refractivity contribution in [2.75, 3.05) is 0 Å². The molecule has 11 nitrogen and oxygen atoms in total. The van der Waals surface area contributed by atoms with Crippen LogP contribution in [0.5, 0.6) is 0 Å². The number of aromatic nitrogens is 10. The first kappa shape index (κ1) is 68.9. The first-order valence-corrected chi connectivity index (χ1v) is 43.0. The number of furan rings is 1. The van der Waals surface area contributed by atoms with Gasteiger partial charge >= 0.3 is 0 Å². The molecule has 0 saturated carbocycles. The van der Waals surface area contributed by atoms with Gasteiger partial charge in [-0.15, -0.1) is 32.9 Å². The smallest absolute Gasteiger partial charge is 0.161 e. The normalized spacial score (nSPS) is 12.1. The summed E-state index contributed by atoms with van der Waals surface area (Å²) >= 11 is 3.66. The predicted molar refractivity (Wildman–Crippen MR) is 514 cm³/mol. The molecule has 0 atom stereocenters. The van der Waals surface area contributed by atoms with E-state index in [1.165, 1.54) is 122 Å². The molecule has 123 heavy (non-hydrogen) atoms. The van der Waals surface area contributed by atoms with Gasteiger partial charge in [0.15, 0.2) is 11.6 Å². The van der Waals surface area contributed by atoms with Crippen molar-refractivity contribution in [3.8, 4) is 62.2 Å². The van der Waals surface area contributed by atoms with Gasteiger partial charge in [0.2, 0.25) is 0 Å². The van der Waals surface area contributed by atoms with Crippen molar-refractivity contribution in [1.29, 1.82) is 0 Å². The molecule has 0 aliphatic heterocycles. The number of thiophene rings is 2. The first-order chi connectivity index (χ1) is 60.9. The van der Waals surface area contributed by atoms with Crippen LogP contribution in [0, 0.1) is 0 Å². The van der Waals surface area contributed by atoms with Gasteiger partial charge in [-0.3, -0.25) is 9.13 Å². The maximum absolute atomic E-state index is 6.28. The number of para-hydroxylation sites is 6. The average molecular weight is 1610 g/mol. The van der Waals surface area contributed by atoms with Gasteiger partial charge in [0.05, 0.1) is 72.2 Å². The standard InChI is InChI=1S/C42H27N3.C37H22N4S.C31H17N3OS/c1-3-11-31-22-35(18-16-28(31)8-1)39-25-37(26-40(43-39)36-19-17-29-9-2-4-12-32(29)23-36)33-13-7-14-34(24-33)41-27-38-21-20-30-10-5-6-15-42(30)45(38)44-41;1-2-11-24(12-3-1)39-31-16-8-5-13-26(31)28-21-33-29(22-32(28)39)36-27-14-6-9-17-34(27)42-37(36)40(33)35-20-25-19-18-23-10-4-7-15-30(23)41(25)38-35;1-4-10-24-18(7-1)13-14-19-15-29(32-34(19)24)33-25-16-22-20-8-2-5-11-26(20)35-27(22)17-23(25)30-21-9-3-6-12-28(21)36-31(30)33/h1-27H;1-22H;1-17H. The van der Waals surface area contributed by atoms with E-state index in [1.54, 1.807) is 0 Å². The Bertz CT molecular complexity index is 9170. The zero-order valence-corrected chi connectivity index (χ0v) is 67.4. The topological polar surface area (TPSA) is 92.7 Å². The Labute approximate surface area is 709 Å². The monoisotopic (exact) mass is 1610 g/mol. The molecule has 0 saturated heterocycles. The van der Waals surface area contributed by atoms with Gasteiger partial charge < -0.3 is 8.98 Å². The molecule has 15 aromatic carbocycles. The molecule has 0 amide bonds. The van der Waals surface area contributed by atoms with Crippen molar-refractivity contribution in [3.05, 3.63) is 400 Å². The summed E-state index contributed by atoms with van der Waals surface area (Å²) in [5.74, 6) is 1.86. The minimum atomic E-state index is 0.914. The molecular formula is C110H66N10OS2. The molecule has 13 heteroatoms. The van der Waals surface area contributed by atoms with Gasteiger partial charge in [-0.2, -0.15) is 5.10 Å². The van der Waals surface area contributed by atoms with Crippen LogP contribution >= 0.6 is 22.7 Å². The summed E-state index contributed by atoms with van der Waals surface area (Å²) in [5.41, 5.74) is 22.7. The summed E-state index contributed by atoms with van der Waals surface area (Å²) in [4.78, 5) is 7.66.